The number of benzene rings is 3. The van der Waals surface area contributed by atoms with Gasteiger partial charge in [0, 0.05) is 23.5 Å². The van der Waals surface area contributed by atoms with Crippen molar-refractivity contribution < 1.29 is 22.7 Å². The summed E-state index contributed by atoms with van der Waals surface area (Å²) in [6.45, 7) is 7.47. The molecule has 0 fully saturated rings. The molecular weight excluding hydrogens is 562 g/mol. The van der Waals surface area contributed by atoms with E-state index in [0.29, 0.717) is 28.6 Å². The number of sulfonamides is 1. The van der Waals surface area contributed by atoms with E-state index < -0.39 is 34.1 Å². The SMILES string of the molecule is CCOc1ccc(N(CC(=O)N(Cc2cccc(Cl)c2)[C@H](Cc2ccccc2)C(=O)NC(C)(C)C)S(C)(=O)=O)cc1. The van der Waals surface area contributed by atoms with Gasteiger partial charge in [-0.25, -0.2) is 8.42 Å². The Balaban J connectivity index is 2.05. The number of nitrogens with one attached hydrogen (secondary N) is 1. The summed E-state index contributed by atoms with van der Waals surface area (Å²) in [5.74, 6) is -0.293. The molecule has 0 saturated heterocycles. The molecule has 0 heterocycles. The summed E-state index contributed by atoms with van der Waals surface area (Å²) >= 11 is 6.25. The largest absolute Gasteiger partial charge is 0.494 e. The number of hydrogen-bond acceptors (Lipinski definition) is 5. The maximum absolute atomic E-state index is 14.1. The molecule has 41 heavy (non-hydrogen) atoms. The minimum atomic E-state index is -3.86. The fourth-order valence-electron chi connectivity index (χ4n) is 4.33. The van der Waals surface area contributed by atoms with E-state index in [1.54, 1.807) is 42.5 Å². The Labute approximate surface area is 248 Å². The number of hydrogen-bond donors (Lipinski definition) is 1. The zero-order valence-electron chi connectivity index (χ0n) is 24.1. The van der Waals surface area contributed by atoms with Crippen molar-refractivity contribution in [3.05, 3.63) is 95.0 Å². The summed E-state index contributed by atoms with van der Waals surface area (Å²) in [5, 5.41) is 3.49. The van der Waals surface area contributed by atoms with Crippen LogP contribution in [0, 0.1) is 0 Å². The van der Waals surface area contributed by atoms with E-state index in [1.165, 1.54) is 4.90 Å². The molecule has 8 nitrogen and oxygen atoms in total. The molecule has 3 rings (SSSR count). The first-order valence-electron chi connectivity index (χ1n) is 13.4. The quantitative estimate of drug-likeness (QED) is 0.314. The van der Waals surface area contributed by atoms with Crippen LogP contribution in [-0.2, 0) is 32.6 Å². The number of nitrogens with zero attached hydrogens (tertiary/aromatic N) is 2. The number of carbonyl (C=O) groups excluding carboxylic acids is 2. The molecule has 0 spiro atoms. The first-order valence-corrected chi connectivity index (χ1v) is 15.6. The lowest BCUT2D eigenvalue weighted by Crippen LogP contribution is -2.56. The smallest absolute Gasteiger partial charge is 0.244 e. The van der Waals surface area contributed by atoms with Gasteiger partial charge in [-0.2, -0.15) is 0 Å². The minimum absolute atomic E-state index is 0.0509. The van der Waals surface area contributed by atoms with E-state index in [1.807, 2.05) is 64.1 Å². The Morgan fingerprint density at radius 2 is 1.59 bits per heavy atom. The Morgan fingerprint density at radius 1 is 0.951 bits per heavy atom. The van der Waals surface area contributed by atoms with Gasteiger partial charge in [0.15, 0.2) is 0 Å². The van der Waals surface area contributed by atoms with E-state index in [-0.39, 0.29) is 18.9 Å². The topological polar surface area (TPSA) is 96.0 Å². The highest BCUT2D eigenvalue weighted by Gasteiger charge is 2.34. The van der Waals surface area contributed by atoms with Crippen LogP contribution in [0.25, 0.3) is 0 Å². The second kappa shape index (κ2) is 13.9. The highest BCUT2D eigenvalue weighted by Crippen LogP contribution is 2.24. The van der Waals surface area contributed by atoms with Gasteiger partial charge in [-0.1, -0.05) is 54.1 Å². The van der Waals surface area contributed by atoms with Crippen LogP contribution in [0.4, 0.5) is 5.69 Å². The highest BCUT2D eigenvalue weighted by atomic mass is 35.5. The van der Waals surface area contributed by atoms with Gasteiger partial charge in [0.1, 0.15) is 18.3 Å². The van der Waals surface area contributed by atoms with Crippen molar-refractivity contribution in [2.75, 3.05) is 23.7 Å². The molecule has 220 valence electrons. The molecule has 1 atom stereocenters. The van der Waals surface area contributed by atoms with Crippen LogP contribution in [0.15, 0.2) is 78.9 Å². The van der Waals surface area contributed by atoms with Crippen LogP contribution in [-0.4, -0.2) is 56.1 Å². The molecule has 0 aliphatic heterocycles. The first kappa shape index (κ1) is 32.0. The van der Waals surface area contributed by atoms with Gasteiger partial charge in [-0.3, -0.25) is 13.9 Å². The first-order chi connectivity index (χ1) is 19.3. The molecule has 3 aromatic rings. The van der Waals surface area contributed by atoms with Crippen LogP contribution >= 0.6 is 11.6 Å². The summed E-state index contributed by atoms with van der Waals surface area (Å²) in [7, 11) is -3.86. The van der Waals surface area contributed by atoms with Crippen molar-refractivity contribution in [3.63, 3.8) is 0 Å². The van der Waals surface area contributed by atoms with Gasteiger partial charge in [-0.15, -0.1) is 0 Å². The number of carbonyl (C=O) groups is 2. The van der Waals surface area contributed by atoms with Crippen molar-refractivity contribution >= 4 is 39.1 Å². The second-order valence-corrected chi connectivity index (χ2v) is 13.1. The molecule has 3 aromatic carbocycles. The Morgan fingerprint density at radius 3 is 2.15 bits per heavy atom. The molecule has 10 heteroatoms. The Hall–Kier alpha value is -3.56. The maximum Gasteiger partial charge on any atom is 0.244 e. The molecule has 0 aliphatic rings. The van der Waals surface area contributed by atoms with Crippen molar-refractivity contribution in [3.8, 4) is 5.75 Å². The normalized spacial score (nSPS) is 12.3. The van der Waals surface area contributed by atoms with Gasteiger partial charge < -0.3 is 15.0 Å². The molecule has 0 aliphatic carbocycles. The van der Waals surface area contributed by atoms with Gasteiger partial charge in [0.25, 0.3) is 0 Å². The summed E-state index contributed by atoms with van der Waals surface area (Å²) in [5.41, 5.74) is 1.32. The van der Waals surface area contributed by atoms with E-state index in [2.05, 4.69) is 5.32 Å². The maximum atomic E-state index is 14.1. The van der Waals surface area contributed by atoms with Gasteiger partial charge in [0.05, 0.1) is 18.6 Å². The van der Waals surface area contributed by atoms with Crippen LogP contribution < -0.4 is 14.4 Å². The predicted octanol–water partition coefficient (Wildman–Crippen LogP) is 5.06. The minimum Gasteiger partial charge on any atom is -0.494 e. The monoisotopic (exact) mass is 599 g/mol. The van der Waals surface area contributed by atoms with E-state index >= 15 is 0 Å². The third kappa shape index (κ3) is 9.79. The standard InChI is InChI=1S/C31H38ClN3O5S/c1-6-40-27-17-15-26(16-18-27)35(41(5,38)39)22-29(36)34(21-24-13-10-14-25(32)19-24)28(30(37)33-31(2,3)4)20-23-11-8-7-9-12-23/h7-19,28H,6,20-22H2,1-5H3,(H,33,37)/t28-/m1/s1. The van der Waals surface area contributed by atoms with E-state index in [0.717, 1.165) is 16.1 Å². The fraction of sp³-hybridized carbons (Fsp3) is 0.355. The van der Waals surface area contributed by atoms with Crippen molar-refractivity contribution in [2.24, 2.45) is 0 Å². The number of amides is 2. The second-order valence-electron chi connectivity index (χ2n) is 10.8. The van der Waals surface area contributed by atoms with E-state index in [4.69, 9.17) is 16.3 Å². The van der Waals surface area contributed by atoms with Crippen LogP contribution in [0.3, 0.4) is 0 Å². The third-order valence-electron chi connectivity index (χ3n) is 6.13. The molecule has 0 unspecified atom stereocenters. The molecule has 0 saturated carbocycles. The van der Waals surface area contributed by atoms with Crippen molar-refractivity contribution in [1.82, 2.24) is 10.2 Å². The Bertz CT molecular complexity index is 1420. The zero-order valence-corrected chi connectivity index (χ0v) is 25.7. The molecule has 0 aromatic heterocycles. The summed E-state index contributed by atoms with van der Waals surface area (Å²) in [6, 6.07) is 22.0. The van der Waals surface area contributed by atoms with Crippen molar-refractivity contribution in [1.29, 1.82) is 0 Å². The Kier molecular flexibility index (Phi) is 10.8. The third-order valence-corrected chi connectivity index (χ3v) is 7.50. The highest BCUT2D eigenvalue weighted by molar-refractivity contribution is 7.92. The van der Waals surface area contributed by atoms with Gasteiger partial charge in [-0.05, 0) is 75.2 Å². The fourth-order valence-corrected chi connectivity index (χ4v) is 5.39. The molecular formula is C31H38ClN3O5S. The lowest BCUT2D eigenvalue weighted by molar-refractivity contribution is -0.140. The van der Waals surface area contributed by atoms with Gasteiger partial charge >= 0.3 is 0 Å². The van der Waals surface area contributed by atoms with E-state index in [9.17, 15) is 18.0 Å². The summed E-state index contributed by atoms with van der Waals surface area (Å²) in [6.07, 6.45) is 1.28. The summed E-state index contributed by atoms with van der Waals surface area (Å²) < 4.78 is 32.3. The van der Waals surface area contributed by atoms with Crippen LogP contribution in [0.1, 0.15) is 38.8 Å². The number of ether oxygens (including phenoxy) is 1. The molecule has 0 bridgehead atoms. The average Bonchev–Trinajstić information content (AvgIpc) is 2.89. The summed E-state index contributed by atoms with van der Waals surface area (Å²) in [4.78, 5) is 29.3. The molecule has 2 amide bonds. The van der Waals surface area contributed by atoms with Crippen LogP contribution in [0.5, 0.6) is 5.75 Å². The lowest BCUT2D eigenvalue weighted by Gasteiger charge is -2.35. The average molecular weight is 600 g/mol. The number of rotatable bonds is 12. The molecule has 0 radical (unpaired) electrons. The van der Waals surface area contributed by atoms with Crippen LogP contribution in [0.2, 0.25) is 5.02 Å². The molecule has 1 N–H and O–H groups in total. The zero-order chi connectivity index (χ0) is 30.2. The van der Waals surface area contributed by atoms with Gasteiger partial charge in [0.2, 0.25) is 21.8 Å². The van der Waals surface area contributed by atoms with Crippen molar-refractivity contribution in [2.45, 2.75) is 52.2 Å². The lowest BCUT2D eigenvalue weighted by atomic mass is 10.0. The number of halogens is 1. The predicted molar refractivity (Wildman–Crippen MR) is 164 cm³/mol. The number of anilines is 1.